The van der Waals surface area contributed by atoms with Crippen LogP contribution in [0.5, 0.6) is 11.5 Å². The van der Waals surface area contributed by atoms with Crippen molar-refractivity contribution in [2.45, 2.75) is 9.79 Å². The summed E-state index contributed by atoms with van der Waals surface area (Å²) in [5, 5.41) is 8.70. The first-order chi connectivity index (χ1) is 13.8. The molecule has 4 aromatic rings. The highest BCUT2D eigenvalue weighted by Crippen LogP contribution is 2.36. The highest BCUT2D eigenvalue weighted by atomic mass is 32.2. The van der Waals surface area contributed by atoms with Gasteiger partial charge in [-0.1, -0.05) is 47.3 Å². The van der Waals surface area contributed by atoms with Crippen molar-refractivity contribution in [3.8, 4) is 28.4 Å². The number of rotatable bonds is 6. The summed E-state index contributed by atoms with van der Waals surface area (Å²) in [4.78, 5) is 2.24. The van der Waals surface area contributed by atoms with Gasteiger partial charge in [0.1, 0.15) is 22.9 Å². The van der Waals surface area contributed by atoms with E-state index in [9.17, 15) is 0 Å². The molecule has 0 saturated carbocycles. The summed E-state index contributed by atoms with van der Waals surface area (Å²) in [5.74, 6) is 1.59. The minimum absolute atomic E-state index is 0.750. The topological polar surface area (TPSA) is 49.2 Å². The van der Waals surface area contributed by atoms with Crippen molar-refractivity contribution in [3.05, 3.63) is 79.0 Å². The SMILES string of the molecule is COc1ccc(Sc2ccccc2-c2cn(-c3ccccc3OC)nn2)cc1. The number of methoxy groups -OCH3 is 2. The molecule has 0 aliphatic carbocycles. The van der Waals surface area contributed by atoms with Gasteiger partial charge in [-0.15, -0.1) is 5.10 Å². The minimum Gasteiger partial charge on any atom is -0.497 e. The Labute approximate surface area is 167 Å². The zero-order valence-electron chi connectivity index (χ0n) is 15.6. The Kier molecular flexibility index (Phi) is 5.30. The smallest absolute Gasteiger partial charge is 0.144 e. The third-order valence-corrected chi connectivity index (χ3v) is 5.36. The van der Waals surface area contributed by atoms with Gasteiger partial charge < -0.3 is 9.47 Å². The molecule has 6 heteroatoms. The van der Waals surface area contributed by atoms with Crippen molar-refractivity contribution in [3.63, 3.8) is 0 Å². The van der Waals surface area contributed by atoms with Gasteiger partial charge in [0.25, 0.3) is 0 Å². The molecule has 28 heavy (non-hydrogen) atoms. The van der Waals surface area contributed by atoms with Gasteiger partial charge in [0.05, 0.1) is 20.4 Å². The molecule has 0 saturated heterocycles. The maximum atomic E-state index is 5.43. The summed E-state index contributed by atoms with van der Waals surface area (Å²) in [6.45, 7) is 0. The molecule has 0 unspecified atom stereocenters. The second kappa shape index (κ2) is 8.19. The third-order valence-electron chi connectivity index (χ3n) is 4.28. The van der Waals surface area contributed by atoms with Crippen LogP contribution in [0.4, 0.5) is 0 Å². The van der Waals surface area contributed by atoms with Gasteiger partial charge in [-0.05, 0) is 42.5 Å². The minimum atomic E-state index is 0.750. The van der Waals surface area contributed by atoms with Crippen LogP contribution >= 0.6 is 11.8 Å². The lowest BCUT2D eigenvalue weighted by Gasteiger charge is -2.08. The summed E-state index contributed by atoms with van der Waals surface area (Å²) < 4.78 is 12.4. The molecule has 0 fully saturated rings. The van der Waals surface area contributed by atoms with Gasteiger partial charge in [0.15, 0.2) is 0 Å². The molecule has 0 aliphatic rings. The van der Waals surface area contributed by atoms with Crippen LogP contribution in [0.3, 0.4) is 0 Å². The van der Waals surface area contributed by atoms with Gasteiger partial charge in [-0.3, -0.25) is 0 Å². The van der Waals surface area contributed by atoms with Crippen molar-refractivity contribution >= 4 is 11.8 Å². The highest BCUT2D eigenvalue weighted by molar-refractivity contribution is 7.99. The molecule has 5 nitrogen and oxygen atoms in total. The summed E-state index contributed by atoms with van der Waals surface area (Å²) in [5.41, 5.74) is 2.69. The molecule has 4 rings (SSSR count). The van der Waals surface area contributed by atoms with Gasteiger partial charge in [-0.2, -0.15) is 0 Å². The Morgan fingerprint density at radius 1 is 0.821 bits per heavy atom. The molecular weight excluding hydrogens is 370 g/mol. The van der Waals surface area contributed by atoms with Crippen LogP contribution in [0.15, 0.2) is 88.8 Å². The van der Waals surface area contributed by atoms with E-state index in [1.807, 2.05) is 66.9 Å². The third kappa shape index (κ3) is 3.73. The fraction of sp³-hybridized carbons (Fsp3) is 0.0909. The average molecular weight is 389 g/mol. The Bertz CT molecular complexity index is 1080. The molecule has 0 aliphatic heterocycles. The van der Waals surface area contributed by atoms with Crippen molar-refractivity contribution in [2.24, 2.45) is 0 Å². The Morgan fingerprint density at radius 2 is 1.57 bits per heavy atom. The number of ether oxygens (including phenoxy) is 2. The number of para-hydroxylation sites is 2. The maximum absolute atomic E-state index is 5.43. The summed E-state index contributed by atoms with van der Waals surface area (Å²) in [7, 11) is 3.32. The van der Waals surface area contributed by atoms with E-state index in [-0.39, 0.29) is 0 Å². The Balaban J connectivity index is 1.66. The molecule has 1 aromatic heterocycles. The first kappa shape index (κ1) is 18.1. The van der Waals surface area contributed by atoms with E-state index < -0.39 is 0 Å². The van der Waals surface area contributed by atoms with Gasteiger partial charge in [0.2, 0.25) is 0 Å². The van der Waals surface area contributed by atoms with Crippen molar-refractivity contribution in [1.29, 1.82) is 0 Å². The average Bonchev–Trinajstić information content (AvgIpc) is 3.24. The molecule has 3 aromatic carbocycles. The summed E-state index contributed by atoms with van der Waals surface area (Å²) >= 11 is 1.68. The lowest BCUT2D eigenvalue weighted by Crippen LogP contribution is -1.98. The molecule has 140 valence electrons. The number of hydrogen-bond donors (Lipinski definition) is 0. The Morgan fingerprint density at radius 3 is 2.36 bits per heavy atom. The van der Waals surface area contributed by atoms with Gasteiger partial charge in [-0.25, -0.2) is 4.68 Å². The standard InChI is InChI=1S/C22H19N3O2S/c1-26-16-11-13-17(14-12-16)28-22-10-6-3-7-18(22)19-15-25(24-23-19)20-8-4-5-9-21(20)27-2/h3-15H,1-2H3. The van der Waals surface area contributed by atoms with E-state index in [0.717, 1.165) is 38.2 Å². The normalized spacial score (nSPS) is 10.6. The first-order valence-electron chi connectivity index (χ1n) is 8.75. The molecule has 0 N–H and O–H groups in total. The zero-order valence-corrected chi connectivity index (χ0v) is 16.4. The number of nitrogens with zero attached hydrogens (tertiary/aromatic N) is 3. The molecule has 0 amide bonds. The summed E-state index contributed by atoms with van der Waals surface area (Å²) in [6.07, 6.45) is 1.92. The zero-order chi connectivity index (χ0) is 19.3. The van der Waals surface area contributed by atoms with E-state index in [0.29, 0.717) is 0 Å². The largest absolute Gasteiger partial charge is 0.497 e. The number of benzene rings is 3. The van der Waals surface area contributed by atoms with Crippen LogP contribution in [0.1, 0.15) is 0 Å². The first-order valence-corrected chi connectivity index (χ1v) is 9.57. The lowest BCUT2D eigenvalue weighted by molar-refractivity contribution is 0.411. The second-order valence-electron chi connectivity index (χ2n) is 5.99. The van der Waals surface area contributed by atoms with Crippen molar-refractivity contribution in [2.75, 3.05) is 14.2 Å². The van der Waals surface area contributed by atoms with Crippen LogP contribution in [0.2, 0.25) is 0 Å². The van der Waals surface area contributed by atoms with E-state index in [2.05, 4.69) is 22.4 Å². The number of aromatic nitrogens is 3. The van der Waals surface area contributed by atoms with Crippen LogP contribution in [-0.4, -0.2) is 29.2 Å². The molecule has 0 radical (unpaired) electrons. The van der Waals surface area contributed by atoms with E-state index >= 15 is 0 Å². The predicted molar refractivity (Wildman–Crippen MR) is 110 cm³/mol. The molecule has 0 atom stereocenters. The van der Waals surface area contributed by atoms with E-state index in [1.54, 1.807) is 30.7 Å². The van der Waals surface area contributed by atoms with E-state index in [1.165, 1.54) is 0 Å². The van der Waals surface area contributed by atoms with Gasteiger partial charge in [0, 0.05) is 15.4 Å². The highest BCUT2D eigenvalue weighted by Gasteiger charge is 2.12. The maximum Gasteiger partial charge on any atom is 0.144 e. The quantitative estimate of drug-likeness (QED) is 0.459. The van der Waals surface area contributed by atoms with Crippen LogP contribution in [0, 0.1) is 0 Å². The fourth-order valence-corrected chi connectivity index (χ4v) is 3.82. The molecule has 0 spiro atoms. The van der Waals surface area contributed by atoms with Crippen molar-refractivity contribution in [1.82, 2.24) is 15.0 Å². The molecular formula is C22H19N3O2S. The van der Waals surface area contributed by atoms with Crippen LogP contribution in [-0.2, 0) is 0 Å². The lowest BCUT2D eigenvalue weighted by atomic mass is 10.2. The number of hydrogen-bond acceptors (Lipinski definition) is 5. The van der Waals surface area contributed by atoms with Crippen LogP contribution < -0.4 is 9.47 Å². The monoisotopic (exact) mass is 389 g/mol. The van der Waals surface area contributed by atoms with Crippen molar-refractivity contribution < 1.29 is 9.47 Å². The second-order valence-corrected chi connectivity index (χ2v) is 7.11. The predicted octanol–water partition coefficient (Wildman–Crippen LogP) is 5.10. The summed E-state index contributed by atoms with van der Waals surface area (Å²) in [6, 6.07) is 23.9. The molecule has 0 bridgehead atoms. The van der Waals surface area contributed by atoms with E-state index in [4.69, 9.17) is 9.47 Å². The molecule has 1 heterocycles. The van der Waals surface area contributed by atoms with Gasteiger partial charge >= 0.3 is 0 Å². The fourth-order valence-electron chi connectivity index (χ4n) is 2.86. The van der Waals surface area contributed by atoms with Crippen LogP contribution in [0.25, 0.3) is 16.9 Å². The Hall–Kier alpha value is -3.25.